The Hall–Kier alpha value is -2.56. The van der Waals surface area contributed by atoms with E-state index in [1.807, 2.05) is 19.9 Å². The highest BCUT2D eigenvalue weighted by Gasteiger charge is 2.56. The van der Waals surface area contributed by atoms with Gasteiger partial charge in [-0.25, -0.2) is 4.79 Å². The zero-order valence-corrected chi connectivity index (χ0v) is 35.4. The fourth-order valence-corrected chi connectivity index (χ4v) is 9.31. The summed E-state index contributed by atoms with van der Waals surface area (Å²) in [5.41, 5.74) is 1.19. The molecule has 1 amide bonds. The molecule has 3 heterocycles. The number of carbonyl (C=O) groups excluding carboxylic acids is 4. The van der Waals surface area contributed by atoms with Crippen molar-refractivity contribution in [1.29, 1.82) is 0 Å². The third kappa shape index (κ3) is 10.8. The number of aliphatic hydroxyl groups is 4. The number of ketones is 2. The van der Waals surface area contributed by atoms with Crippen LogP contribution in [0.4, 0.5) is 0 Å². The monoisotopic (exact) mass is 807 g/mol. The number of carbonyl (C=O) groups is 4. The third-order valence-electron chi connectivity index (χ3n) is 13.2. The second-order valence-corrected chi connectivity index (χ2v) is 17.2. The van der Waals surface area contributed by atoms with E-state index in [1.165, 1.54) is 14.2 Å². The number of Topliss-reactive ketones (excluding diaryl/α,β-unsaturated/α-hetero) is 2. The number of hydrogen-bond donors (Lipinski definition) is 4. The molecule has 1 aliphatic carbocycles. The maximum absolute atomic E-state index is 14.3. The lowest BCUT2D eigenvalue weighted by Gasteiger charge is -2.47. The molecule has 4 rings (SSSR count). The quantitative estimate of drug-likeness (QED) is 0.173. The number of ether oxygens (including phenoxy) is 5. The first kappa shape index (κ1) is 47.1. The Kier molecular flexibility index (Phi) is 17.0. The number of fused-ring (bicyclic) bond motifs is 3. The van der Waals surface area contributed by atoms with Crippen LogP contribution in [0.2, 0.25) is 0 Å². The minimum Gasteiger partial charge on any atom is -0.456 e. The molecule has 3 fully saturated rings. The first-order valence-corrected chi connectivity index (χ1v) is 20.9. The van der Waals surface area contributed by atoms with Gasteiger partial charge in [-0.05, 0) is 94.6 Å². The number of methoxy groups -OCH3 is 3. The van der Waals surface area contributed by atoms with Crippen LogP contribution in [0.5, 0.6) is 0 Å². The number of aliphatic hydroxyl groups excluding tert-OH is 3. The molecule has 4 aliphatic rings. The number of allylic oxidation sites excluding steroid dienone is 2. The highest BCUT2D eigenvalue weighted by Crippen LogP contribution is 2.39. The molecule has 57 heavy (non-hydrogen) atoms. The second-order valence-electron chi connectivity index (χ2n) is 17.2. The van der Waals surface area contributed by atoms with Crippen molar-refractivity contribution in [2.45, 2.75) is 166 Å². The van der Waals surface area contributed by atoms with E-state index in [9.17, 15) is 39.6 Å². The number of nitrogens with zero attached hydrogens (tertiary/aromatic N) is 1. The van der Waals surface area contributed by atoms with Gasteiger partial charge in [-0.1, -0.05) is 39.8 Å². The van der Waals surface area contributed by atoms with Crippen LogP contribution in [0.3, 0.4) is 0 Å². The smallest absolute Gasteiger partial charge is 0.329 e. The summed E-state index contributed by atoms with van der Waals surface area (Å²) < 4.78 is 29.6. The molecule has 324 valence electrons. The SMILES string of the molecule is CC[C@@H]1C=C(C)[C@@H](O)[C@H](C)C[C@H](OC)[C@H]2O[C@@](O)(C(=O)C(=O)N3CCCC[C@H]3C(=O)O[C@H](C(C)=C[C@@H]3CCC(O)C(OC)C3)[C@H](C)[C@@H](O)CC1=O)[C@H](C)C[C@@H]2OC. The Morgan fingerprint density at radius 1 is 0.912 bits per heavy atom. The fraction of sp³-hybridized carbons (Fsp3) is 0.814. The summed E-state index contributed by atoms with van der Waals surface area (Å²) in [6.45, 7) is 10.6. The van der Waals surface area contributed by atoms with Crippen molar-refractivity contribution in [3.05, 3.63) is 23.3 Å². The largest absolute Gasteiger partial charge is 0.456 e. The number of cyclic esters (lactones) is 1. The van der Waals surface area contributed by atoms with Crippen molar-refractivity contribution in [3.63, 3.8) is 0 Å². The summed E-state index contributed by atoms with van der Waals surface area (Å²) in [6.07, 6.45) is 0.618. The molecule has 1 saturated carbocycles. The molecule has 2 bridgehead atoms. The predicted octanol–water partition coefficient (Wildman–Crippen LogP) is 3.44. The van der Waals surface area contributed by atoms with Gasteiger partial charge in [0.15, 0.2) is 0 Å². The van der Waals surface area contributed by atoms with Crippen LogP contribution < -0.4 is 0 Å². The summed E-state index contributed by atoms with van der Waals surface area (Å²) in [4.78, 5) is 57.7. The summed E-state index contributed by atoms with van der Waals surface area (Å²) in [6, 6.07) is -1.16. The average Bonchev–Trinajstić information content (AvgIpc) is 3.20. The van der Waals surface area contributed by atoms with Crippen LogP contribution in [-0.4, -0.2) is 137 Å². The summed E-state index contributed by atoms with van der Waals surface area (Å²) in [7, 11) is 4.49. The van der Waals surface area contributed by atoms with Crippen molar-refractivity contribution >= 4 is 23.4 Å². The highest BCUT2D eigenvalue weighted by atomic mass is 16.7. The van der Waals surface area contributed by atoms with Crippen molar-refractivity contribution < 1.29 is 63.3 Å². The normalized spacial score (nSPS) is 41.5. The van der Waals surface area contributed by atoms with Gasteiger partial charge in [0.1, 0.15) is 24.0 Å². The van der Waals surface area contributed by atoms with E-state index in [1.54, 1.807) is 40.9 Å². The molecule has 4 N–H and O–H groups in total. The molecule has 3 aliphatic heterocycles. The Bertz CT molecular complexity index is 1470. The van der Waals surface area contributed by atoms with Crippen LogP contribution in [0, 0.1) is 29.6 Å². The van der Waals surface area contributed by atoms with Gasteiger partial charge in [-0.2, -0.15) is 0 Å². The van der Waals surface area contributed by atoms with Gasteiger partial charge in [0, 0.05) is 52.0 Å². The predicted molar refractivity (Wildman–Crippen MR) is 209 cm³/mol. The van der Waals surface area contributed by atoms with Crippen molar-refractivity contribution in [2.75, 3.05) is 27.9 Å². The molecular formula is C43H69NO13. The Labute approximate surface area is 338 Å². The molecule has 0 radical (unpaired) electrons. The fourth-order valence-electron chi connectivity index (χ4n) is 9.31. The van der Waals surface area contributed by atoms with E-state index < -0.39 is 95.9 Å². The molecule has 14 heteroatoms. The lowest BCUT2D eigenvalue weighted by Crippen LogP contribution is -2.64. The first-order valence-electron chi connectivity index (χ1n) is 20.9. The zero-order chi connectivity index (χ0) is 42.4. The van der Waals surface area contributed by atoms with Gasteiger partial charge in [0.05, 0.1) is 36.6 Å². The van der Waals surface area contributed by atoms with Crippen LogP contribution in [-0.2, 0) is 42.9 Å². The van der Waals surface area contributed by atoms with Gasteiger partial charge in [0.25, 0.3) is 11.7 Å². The van der Waals surface area contributed by atoms with E-state index in [0.717, 1.165) is 4.90 Å². The Morgan fingerprint density at radius 2 is 1.56 bits per heavy atom. The van der Waals surface area contributed by atoms with Gasteiger partial charge < -0.3 is 49.0 Å². The molecule has 0 aromatic rings. The van der Waals surface area contributed by atoms with E-state index in [-0.39, 0.29) is 50.0 Å². The number of rotatable bonds is 6. The van der Waals surface area contributed by atoms with E-state index in [0.29, 0.717) is 49.7 Å². The van der Waals surface area contributed by atoms with Crippen molar-refractivity contribution in [3.8, 4) is 0 Å². The van der Waals surface area contributed by atoms with Crippen LogP contribution in [0.15, 0.2) is 23.3 Å². The standard InChI is InChI=1S/C43H69NO13/c1-10-29-18-23(2)37(48)24(3)19-35(54-8)39-36(55-9)20-26(5)43(52,57-39)40(49)41(50)44-16-12-11-13-30(44)42(51)56-38(27(6)32(46)22-33(29)47)25(4)17-28-14-15-31(45)34(21-28)53-7/h17-18,24,26-32,34-39,45-46,48,52H,10-16,19-22H2,1-9H3/t24-,26-,27-,28+,29-,30+,31?,32+,34?,35+,36+,37-,38-,39-,43-/m1/s1. The van der Waals surface area contributed by atoms with Crippen LogP contribution >= 0.6 is 0 Å². The molecule has 0 spiro atoms. The number of hydrogen-bond acceptors (Lipinski definition) is 13. The van der Waals surface area contributed by atoms with Crippen molar-refractivity contribution in [2.24, 2.45) is 29.6 Å². The second kappa shape index (κ2) is 20.6. The molecule has 15 atom stereocenters. The van der Waals surface area contributed by atoms with Gasteiger partial charge in [-0.15, -0.1) is 0 Å². The topological polar surface area (TPSA) is 199 Å². The van der Waals surface area contributed by atoms with Gasteiger partial charge >= 0.3 is 5.97 Å². The number of esters is 1. The summed E-state index contributed by atoms with van der Waals surface area (Å²) in [5, 5.41) is 45.6. The van der Waals surface area contributed by atoms with Crippen LogP contribution in [0.25, 0.3) is 0 Å². The van der Waals surface area contributed by atoms with E-state index >= 15 is 0 Å². The molecular weight excluding hydrogens is 738 g/mol. The Balaban J connectivity index is 1.79. The van der Waals surface area contributed by atoms with Crippen molar-refractivity contribution in [1.82, 2.24) is 4.90 Å². The molecule has 2 saturated heterocycles. The Morgan fingerprint density at radius 3 is 2.19 bits per heavy atom. The minimum atomic E-state index is -2.57. The third-order valence-corrected chi connectivity index (χ3v) is 13.2. The zero-order valence-electron chi connectivity index (χ0n) is 35.4. The lowest BCUT2D eigenvalue weighted by molar-refractivity contribution is -0.302. The molecule has 14 nitrogen and oxygen atoms in total. The average molecular weight is 808 g/mol. The van der Waals surface area contributed by atoms with E-state index in [4.69, 9.17) is 23.7 Å². The van der Waals surface area contributed by atoms with Gasteiger partial charge in [-0.3, -0.25) is 14.4 Å². The highest BCUT2D eigenvalue weighted by molar-refractivity contribution is 6.39. The maximum atomic E-state index is 14.3. The lowest BCUT2D eigenvalue weighted by atomic mass is 9.81. The van der Waals surface area contributed by atoms with E-state index in [2.05, 4.69) is 0 Å². The molecule has 0 aromatic carbocycles. The number of piperidine rings is 1. The molecule has 2 unspecified atom stereocenters. The summed E-state index contributed by atoms with van der Waals surface area (Å²) >= 11 is 0. The van der Waals surface area contributed by atoms with Crippen LogP contribution in [0.1, 0.15) is 106 Å². The molecule has 0 aromatic heterocycles. The number of amides is 1. The van der Waals surface area contributed by atoms with Gasteiger partial charge in [0.2, 0.25) is 5.79 Å². The summed E-state index contributed by atoms with van der Waals surface area (Å²) in [5.74, 6) is -8.59. The minimum absolute atomic E-state index is 0.0255. The maximum Gasteiger partial charge on any atom is 0.329 e. The first-order chi connectivity index (χ1) is 26.9.